The molecule has 13 heteroatoms. The Morgan fingerprint density at radius 2 is 1.83 bits per heavy atom. The SMILES string of the molecule is COc1cc(C(=O)CCC(O)(c2cc3c(c(-c4ccc(F)cc4)n2)OCC3(C)NS(=O)C(C)(C)C)C(F)(F)F)ccc1C#CCO. The molecular formula is C33H34F4N2O6S. The van der Waals surface area contributed by atoms with E-state index >= 15 is 0 Å². The molecule has 0 fully saturated rings. The Morgan fingerprint density at radius 3 is 2.41 bits per heavy atom. The lowest BCUT2D eigenvalue weighted by Gasteiger charge is -2.32. The number of aliphatic hydroxyl groups excluding tert-OH is 1. The number of methoxy groups -OCH3 is 1. The summed E-state index contributed by atoms with van der Waals surface area (Å²) in [6.45, 7) is 6.26. The molecule has 0 amide bonds. The number of rotatable bonds is 9. The Hall–Kier alpha value is -3.83. The molecule has 246 valence electrons. The lowest BCUT2D eigenvalue weighted by Crippen LogP contribution is -2.47. The van der Waals surface area contributed by atoms with Crippen LogP contribution in [0.1, 0.15) is 67.7 Å². The van der Waals surface area contributed by atoms with Crippen LogP contribution in [0.3, 0.4) is 0 Å². The molecule has 1 aliphatic rings. The van der Waals surface area contributed by atoms with Gasteiger partial charge in [-0.1, -0.05) is 11.8 Å². The summed E-state index contributed by atoms with van der Waals surface area (Å²) in [6.07, 6.45) is -7.10. The molecule has 0 saturated carbocycles. The summed E-state index contributed by atoms with van der Waals surface area (Å²) in [5.74, 6) is 4.09. The summed E-state index contributed by atoms with van der Waals surface area (Å²) >= 11 is 0. The minimum Gasteiger partial charge on any atom is -0.495 e. The molecule has 0 saturated heterocycles. The van der Waals surface area contributed by atoms with Crippen molar-refractivity contribution in [1.29, 1.82) is 0 Å². The molecule has 3 atom stereocenters. The van der Waals surface area contributed by atoms with Gasteiger partial charge in [0.05, 0.1) is 39.6 Å². The lowest BCUT2D eigenvalue weighted by molar-refractivity contribution is -0.270. The van der Waals surface area contributed by atoms with Gasteiger partial charge in [0.25, 0.3) is 0 Å². The fraction of sp³-hybridized carbons (Fsp3) is 0.394. The van der Waals surface area contributed by atoms with E-state index in [-0.39, 0.29) is 40.5 Å². The van der Waals surface area contributed by atoms with Crippen LogP contribution in [0.4, 0.5) is 17.6 Å². The maximum Gasteiger partial charge on any atom is 0.422 e. The van der Waals surface area contributed by atoms with Crippen LogP contribution < -0.4 is 14.2 Å². The molecule has 1 aromatic heterocycles. The summed E-state index contributed by atoms with van der Waals surface area (Å²) in [6, 6.07) is 10.0. The van der Waals surface area contributed by atoms with Gasteiger partial charge >= 0.3 is 6.18 Å². The highest BCUT2D eigenvalue weighted by Gasteiger charge is 2.57. The molecule has 2 heterocycles. The van der Waals surface area contributed by atoms with Gasteiger partial charge in [0.15, 0.2) is 11.5 Å². The van der Waals surface area contributed by atoms with Crippen LogP contribution in [0.15, 0.2) is 48.5 Å². The van der Waals surface area contributed by atoms with Crippen molar-refractivity contribution in [2.75, 3.05) is 20.3 Å². The van der Waals surface area contributed by atoms with E-state index in [1.807, 2.05) is 0 Å². The molecular weight excluding hydrogens is 628 g/mol. The number of nitrogens with one attached hydrogen (secondary N) is 1. The van der Waals surface area contributed by atoms with Crippen LogP contribution in [0.5, 0.6) is 11.5 Å². The van der Waals surface area contributed by atoms with Gasteiger partial charge in [0, 0.05) is 23.1 Å². The van der Waals surface area contributed by atoms with Gasteiger partial charge < -0.3 is 19.7 Å². The highest BCUT2D eigenvalue weighted by Crippen LogP contribution is 2.48. The van der Waals surface area contributed by atoms with Crippen molar-refractivity contribution < 1.29 is 46.3 Å². The van der Waals surface area contributed by atoms with Crippen molar-refractivity contribution in [3.8, 4) is 34.6 Å². The second kappa shape index (κ2) is 13.1. The van der Waals surface area contributed by atoms with Crippen LogP contribution in [-0.4, -0.2) is 56.4 Å². The summed E-state index contributed by atoms with van der Waals surface area (Å²) < 4.78 is 84.7. The molecule has 0 aliphatic carbocycles. The van der Waals surface area contributed by atoms with E-state index in [0.717, 1.165) is 18.2 Å². The number of carbonyl (C=O) groups excluding carboxylic acids is 1. The molecule has 3 unspecified atom stereocenters. The molecule has 0 radical (unpaired) electrons. The first-order valence-corrected chi connectivity index (χ1v) is 15.3. The fourth-order valence-electron chi connectivity index (χ4n) is 4.80. The van der Waals surface area contributed by atoms with Gasteiger partial charge in [-0.25, -0.2) is 18.3 Å². The third-order valence-corrected chi connectivity index (χ3v) is 9.24. The summed E-state index contributed by atoms with van der Waals surface area (Å²) in [5, 5.41) is 20.4. The average molecular weight is 663 g/mol. The van der Waals surface area contributed by atoms with Gasteiger partial charge in [-0.15, -0.1) is 0 Å². The van der Waals surface area contributed by atoms with Crippen molar-refractivity contribution >= 4 is 16.8 Å². The number of ether oxygens (including phenoxy) is 2. The molecule has 2 aromatic carbocycles. The number of aliphatic hydroxyl groups is 2. The maximum atomic E-state index is 14.8. The number of halogens is 4. The zero-order valence-electron chi connectivity index (χ0n) is 25.8. The van der Waals surface area contributed by atoms with Gasteiger partial charge in [-0.2, -0.15) is 13.2 Å². The Morgan fingerprint density at radius 1 is 1.15 bits per heavy atom. The first kappa shape index (κ1) is 35.0. The quantitative estimate of drug-likeness (QED) is 0.162. The van der Waals surface area contributed by atoms with Crippen LogP contribution in [0, 0.1) is 17.7 Å². The first-order chi connectivity index (χ1) is 21.4. The number of hydrogen-bond acceptors (Lipinski definition) is 7. The normalized spacial score (nSPS) is 18.1. The number of carbonyl (C=O) groups is 1. The van der Waals surface area contributed by atoms with E-state index < -0.39 is 69.8 Å². The zero-order chi connectivity index (χ0) is 34.1. The lowest BCUT2D eigenvalue weighted by atomic mass is 9.86. The number of ketones is 1. The van der Waals surface area contributed by atoms with E-state index in [4.69, 9.17) is 14.6 Å². The monoisotopic (exact) mass is 662 g/mol. The number of fused-ring (bicyclic) bond motifs is 1. The predicted octanol–water partition coefficient (Wildman–Crippen LogP) is 5.31. The summed E-state index contributed by atoms with van der Waals surface area (Å²) in [7, 11) is -0.340. The third-order valence-electron chi connectivity index (χ3n) is 7.50. The first-order valence-electron chi connectivity index (χ1n) is 14.2. The van der Waals surface area contributed by atoms with Crippen LogP contribution in [0.2, 0.25) is 0 Å². The molecule has 0 bridgehead atoms. The Kier molecular flexibility index (Phi) is 9.99. The minimum absolute atomic E-state index is 0.0275. The van der Waals surface area contributed by atoms with Gasteiger partial charge in [0.1, 0.15) is 30.5 Å². The molecule has 0 spiro atoms. The standard InChI is InChI=1S/C33H34F4N2O6S/c1-30(2,3)46(43)39-31(4)19-45-29-24(31)18-27(38-28(29)21-10-12-23(34)13-11-21)32(42,33(35,36)37)15-14-25(41)22-9-8-20(7-6-16-40)26(17-22)44-5/h8-13,17-18,39-40,42H,14-16,19H2,1-5H3. The minimum atomic E-state index is -5.28. The maximum absolute atomic E-state index is 14.8. The van der Waals surface area contributed by atoms with Gasteiger partial charge in [-0.05, 0) is 82.6 Å². The number of alkyl halides is 3. The van der Waals surface area contributed by atoms with E-state index in [9.17, 15) is 31.7 Å². The molecule has 4 rings (SSSR count). The third kappa shape index (κ3) is 7.10. The van der Waals surface area contributed by atoms with Crippen LogP contribution >= 0.6 is 0 Å². The molecule has 46 heavy (non-hydrogen) atoms. The second-order valence-electron chi connectivity index (χ2n) is 12.0. The number of pyridine rings is 1. The number of nitrogens with zero attached hydrogens (tertiary/aromatic N) is 1. The average Bonchev–Trinajstić information content (AvgIpc) is 3.33. The van der Waals surface area contributed by atoms with E-state index in [1.54, 1.807) is 27.7 Å². The summed E-state index contributed by atoms with van der Waals surface area (Å²) in [4.78, 5) is 17.3. The van der Waals surface area contributed by atoms with Gasteiger partial charge in [0.2, 0.25) is 5.60 Å². The van der Waals surface area contributed by atoms with Crippen molar-refractivity contribution in [3.05, 3.63) is 76.7 Å². The number of benzene rings is 2. The fourth-order valence-corrected chi connectivity index (χ4v) is 5.68. The Labute approximate surface area is 266 Å². The highest BCUT2D eigenvalue weighted by molar-refractivity contribution is 7.84. The van der Waals surface area contributed by atoms with Crippen molar-refractivity contribution in [3.63, 3.8) is 0 Å². The second-order valence-corrected chi connectivity index (χ2v) is 14.0. The molecule has 1 aliphatic heterocycles. The Balaban J connectivity index is 1.80. The van der Waals surface area contributed by atoms with Crippen LogP contribution in [0.25, 0.3) is 11.3 Å². The summed E-state index contributed by atoms with van der Waals surface area (Å²) in [5.41, 5.74) is -4.99. The van der Waals surface area contributed by atoms with Crippen molar-refractivity contribution in [1.82, 2.24) is 9.71 Å². The number of Topliss-reactive ketones (excluding diaryl/α,β-unsaturated/α-hetero) is 1. The predicted molar refractivity (Wildman–Crippen MR) is 164 cm³/mol. The smallest absolute Gasteiger partial charge is 0.422 e. The highest BCUT2D eigenvalue weighted by atomic mass is 32.2. The molecule has 8 nitrogen and oxygen atoms in total. The van der Waals surface area contributed by atoms with E-state index in [1.165, 1.54) is 37.4 Å². The topological polar surface area (TPSA) is 118 Å². The zero-order valence-corrected chi connectivity index (χ0v) is 26.7. The number of aromatic nitrogens is 1. The van der Waals surface area contributed by atoms with E-state index in [0.29, 0.717) is 5.56 Å². The van der Waals surface area contributed by atoms with Crippen molar-refractivity contribution in [2.45, 2.75) is 62.6 Å². The molecule has 3 aromatic rings. The van der Waals surface area contributed by atoms with Gasteiger partial charge in [-0.3, -0.25) is 4.79 Å². The van der Waals surface area contributed by atoms with Crippen LogP contribution in [-0.2, 0) is 22.1 Å². The van der Waals surface area contributed by atoms with E-state index in [2.05, 4.69) is 21.5 Å². The Bertz CT molecular complexity index is 1710. The molecule has 3 N–H and O–H groups in total. The number of hydrogen-bond donors (Lipinski definition) is 3. The van der Waals surface area contributed by atoms with Crippen molar-refractivity contribution in [2.24, 2.45) is 0 Å². The largest absolute Gasteiger partial charge is 0.495 e.